The van der Waals surface area contributed by atoms with Crippen molar-refractivity contribution in [3.8, 4) is 5.75 Å². The van der Waals surface area contributed by atoms with E-state index in [0.29, 0.717) is 5.92 Å². The first kappa shape index (κ1) is 17.5. The summed E-state index contributed by atoms with van der Waals surface area (Å²) in [5, 5.41) is 3.14. The zero-order valence-corrected chi connectivity index (χ0v) is 15.1. The van der Waals surface area contributed by atoms with Gasteiger partial charge in [-0.3, -0.25) is 4.79 Å². The first-order chi connectivity index (χ1) is 12.2. The summed E-state index contributed by atoms with van der Waals surface area (Å²) in [4.78, 5) is 12.4. The molecule has 1 amide bonds. The van der Waals surface area contributed by atoms with Gasteiger partial charge in [0.05, 0.1) is 6.04 Å². The Bertz CT molecular complexity index is 725. The minimum absolute atomic E-state index is 0.0549. The fourth-order valence-electron chi connectivity index (χ4n) is 3.52. The molecule has 0 radical (unpaired) electrons. The van der Waals surface area contributed by atoms with Crippen LogP contribution in [-0.2, 0) is 11.2 Å². The summed E-state index contributed by atoms with van der Waals surface area (Å²) in [5.74, 6) is 1.18. The van der Waals surface area contributed by atoms with Gasteiger partial charge in [-0.1, -0.05) is 56.3 Å². The third-order valence-electron chi connectivity index (χ3n) is 5.13. The number of aryl methyl sites for hydroxylation is 1. The van der Waals surface area contributed by atoms with Crippen molar-refractivity contribution in [2.24, 2.45) is 0 Å². The molecule has 2 aromatic carbocycles. The van der Waals surface area contributed by atoms with E-state index >= 15 is 0 Å². The molecule has 0 saturated carbocycles. The maximum atomic E-state index is 12.4. The molecule has 1 N–H and O–H groups in total. The van der Waals surface area contributed by atoms with Crippen molar-refractivity contribution in [2.45, 2.75) is 51.5 Å². The quantitative estimate of drug-likeness (QED) is 0.824. The third kappa shape index (κ3) is 4.22. The minimum Gasteiger partial charge on any atom is -0.483 e. The van der Waals surface area contributed by atoms with E-state index < -0.39 is 0 Å². The van der Waals surface area contributed by atoms with Gasteiger partial charge >= 0.3 is 0 Å². The molecule has 3 nitrogen and oxygen atoms in total. The molecule has 0 fully saturated rings. The fourth-order valence-corrected chi connectivity index (χ4v) is 3.52. The maximum Gasteiger partial charge on any atom is 0.258 e. The molecule has 0 bridgehead atoms. The van der Waals surface area contributed by atoms with Gasteiger partial charge in [0.15, 0.2) is 6.61 Å². The summed E-state index contributed by atoms with van der Waals surface area (Å²) >= 11 is 0. The second kappa shape index (κ2) is 8.19. The number of fused-ring (bicyclic) bond motifs is 1. The van der Waals surface area contributed by atoms with Gasteiger partial charge in [0.2, 0.25) is 0 Å². The molecule has 0 spiro atoms. The molecule has 3 heteroatoms. The average Bonchev–Trinajstić information content (AvgIpc) is 2.66. The summed E-state index contributed by atoms with van der Waals surface area (Å²) in [6.45, 7) is 4.40. The van der Waals surface area contributed by atoms with Crippen molar-refractivity contribution in [2.75, 3.05) is 6.61 Å². The van der Waals surface area contributed by atoms with Crippen LogP contribution in [0.15, 0.2) is 48.5 Å². The molecular formula is C22H27NO2. The molecule has 0 aromatic heterocycles. The van der Waals surface area contributed by atoms with Crippen molar-refractivity contribution >= 4 is 5.91 Å². The number of rotatable bonds is 6. The Hall–Kier alpha value is -2.29. The second-order valence-corrected chi connectivity index (χ2v) is 6.85. The summed E-state index contributed by atoms with van der Waals surface area (Å²) in [6, 6.07) is 16.5. The number of nitrogens with one attached hydrogen (secondary N) is 1. The van der Waals surface area contributed by atoms with Crippen LogP contribution in [0.1, 0.15) is 61.8 Å². The van der Waals surface area contributed by atoms with E-state index in [1.54, 1.807) is 0 Å². The van der Waals surface area contributed by atoms with E-state index in [4.69, 9.17) is 4.74 Å². The lowest BCUT2D eigenvalue weighted by Gasteiger charge is -2.26. The van der Waals surface area contributed by atoms with Crippen LogP contribution in [0.5, 0.6) is 5.75 Å². The molecule has 1 aliphatic rings. The molecule has 25 heavy (non-hydrogen) atoms. The first-order valence-corrected chi connectivity index (χ1v) is 9.28. The lowest BCUT2D eigenvalue weighted by molar-refractivity contribution is -0.124. The molecule has 2 aromatic rings. The van der Waals surface area contributed by atoms with E-state index in [9.17, 15) is 4.79 Å². The van der Waals surface area contributed by atoms with Gasteiger partial charge in [0.1, 0.15) is 5.75 Å². The van der Waals surface area contributed by atoms with Crippen LogP contribution in [0.3, 0.4) is 0 Å². The monoisotopic (exact) mass is 337 g/mol. The molecule has 2 atom stereocenters. The Morgan fingerprint density at radius 1 is 1.20 bits per heavy atom. The number of carbonyl (C=O) groups is 1. The van der Waals surface area contributed by atoms with Crippen molar-refractivity contribution in [1.29, 1.82) is 0 Å². The molecule has 132 valence electrons. The fraction of sp³-hybridized carbons (Fsp3) is 0.409. The van der Waals surface area contributed by atoms with Crippen molar-refractivity contribution in [1.82, 2.24) is 5.32 Å². The Morgan fingerprint density at radius 2 is 1.96 bits per heavy atom. The largest absolute Gasteiger partial charge is 0.483 e. The highest BCUT2D eigenvalue weighted by atomic mass is 16.5. The lowest BCUT2D eigenvalue weighted by atomic mass is 9.88. The highest BCUT2D eigenvalue weighted by Crippen LogP contribution is 2.30. The summed E-state index contributed by atoms with van der Waals surface area (Å²) < 4.78 is 5.84. The molecule has 1 aliphatic carbocycles. The predicted octanol–water partition coefficient (Wildman–Crippen LogP) is 4.77. The van der Waals surface area contributed by atoms with Crippen LogP contribution in [0, 0.1) is 0 Å². The number of hydrogen-bond donors (Lipinski definition) is 1. The average molecular weight is 337 g/mol. The maximum absolute atomic E-state index is 12.4. The van der Waals surface area contributed by atoms with Gasteiger partial charge in [-0.05, 0) is 54.4 Å². The van der Waals surface area contributed by atoms with Crippen molar-refractivity contribution in [3.05, 3.63) is 65.2 Å². The number of ether oxygens (including phenoxy) is 1. The lowest BCUT2D eigenvalue weighted by Crippen LogP contribution is -2.34. The molecule has 0 aliphatic heterocycles. The van der Waals surface area contributed by atoms with Gasteiger partial charge in [0.25, 0.3) is 5.91 Å². The summed E-state index contributed by atoms with van der Waals surface area (Å²) in [7, 11) is 0. The van der Waals surface area contributed by atoms with E-state index in [1.165, 1.54) is 16.7 Å². The smallest absolute Gasteiger partial charge is 0.258 e. The normalized spacial score (nSPS) is 17.4. The second-order valence-electron chi connectivity index (χ2n) is 6.85. The van der Waals surface area contributed by atoms with E-state index in [0.717, 1.165) is 31.4 Å². The highest BCUT2D eigenvalue weighted by molar-refractivity contribution is 5.78. The summed E-state index contributed by atoms with van der Waals surface area (Å²) in [6.07, 6.45) is 4.25. The van der Waals surface area contributed by atoms with Crippen LogP contribution in [0.4, 0.5) is 0 Å². The van der Waals surface area contributed by atoms with Gasteiger partial charge in [-0.25, -0.2) is 0 Å². The number of amides is 1. The molecule has 0 saturated heterocycles. The Labute approximate surface area is 150 Å². The number of carbonyl (C=O) groups excluding carboxylic acids is 1. The van der Waals surface area contributed by atoms with Crippen molar-refractivity contribution < 1.29 is 9.53 Å². The summed E-state index contributed by atoms with van der Waals surface area (Å²) in [5.41, 5.74) is 3.77. The third-order valence-corrected chi connectivity index (χ3v) is 5.13. The molecule has 0 heterocycles. The van der Waals surface area contributed by atoms with Crippen LogP contribution >= 0.6 is 0 Å². The number of benzene rings is 2. The molecule has 3 rings (SSSR count). The van der Waals surface area contributed by atoms with E-state index in [-0.39, 0.29) is 18.6 Å². The standard InChI is InChI=1S/C22H27NO2/c1-3-16(2)18-11-6-7-14-21(18)25-15-22(24)23-20-13-8-10-17-9-4-5-12-19(17)20/h4-7,9,11-12,14,16,20H,3,8,10,13,15H2,1-2H3,(H,23,24)/t16-,20-/m0/s1. The van der Waals surface area contributed by atoms with E-state index in [1.807, 2.05) is 24.3 Å². The first-order valence-electron chi connectivity index (χ1n) is 9.28. The molecule has 0 unspecified atom stereocenters. The Balaban J connectivity index is 1.61. The van der Waals surface area contributed by atoms with Crippen LogP contribution in [0.2, 0.25) is 0 Å². The van der Waals surface area contributed by atoms with Gasteiger partial charge < -0.3 is 10.1 Å². The Kier molecular flexibility index (Phi) is 5.75. The number of para-hydroxylation sites is 1. The SMILES string of the molecule is CC[C@H](C)c1ccccc1OCC(=O)N[C@H]1CCCc2ccccc21. The van der Waals surface area contributed by atoms with Gasteiger partial charge in [-0.2, -0.15) is 0 Å². The highest BCUT2D eigenvalue weighted by Gasteiger charge is 2.21. The van der Waals surface area contributed by atoms with Crippen LogP contribution in [0.25, 0.3) is 0 Å². The minimum atomic E-state index is -0.0549. The van der Waals surface area contributed by atoms with Gasteiger partial charge in [-0.15, -0.1) is 0 Å². The topological polar surface area (TPSA) is 38.3 Å². The molecular weight excluding hydrogens is 310 g/mol. The Morgan fingerprint density at radius 3 is 2.80 bits per heavy atom. The zero-order valence-electron chi connectivity index (χ0n) is 15.1. The predicted molar refractivity (Wildman–Crippen MR) is 101 cm³/mol. The van der Waals surface area contributed by atoms with Crippen LogP contribution < -0.4 is 10.1 Å². The number of hydrogen-bond acceptors (Lipinski definition) is 2. The zero-order chi connectivity index (χ0) is 17.6. The van der Waals surface area contributed by atoms with E-state index in [2.05, 4.69) is 43.4 Å². The van der Waals surface area contributed by atoms with Crippen molar-refractivity contribution in [3.63, 3.8) is 0 Å². The van der Waals surface area contributed by atoms with Crippen LogP contribution in [-0.4, -0.2) is 12.5 Å². The van der Waals surface area contributed by atoms with Gasteiger partial charge in [0, 0.05) is 0 Å².